The summed E-state index contributed by atoms with van der Waals surface area (Å²) < 4.78 is 20.3. The first kappa shape index (κ1) is 23.8. The van der Waals surface area contributed by atoms with Crippen LogP contribution in [0.1, 0.15) is 12.5 Å². The topological polar surface area (TPSA) is 73.2 Å². The number of hydrogen-bond donors (Lipinski definition) is 1. The maximum Gasteiger partial charge on any atom is 0.266 e. The van der Waals surface area contributed by atoms with Gasteiger partial charge in [-0.25, -0.2) is 9.37 Å². The van der Waals surface area contributed by atoms with Gasteiger partial charge in [0, 0.05) is 6.54 Å². The summed E-state index contributed by atoms with van der Waals surface area (Å²) in [5, 5.41) is 2.93. The fourth-order valence-corrected chi connectivity index (χ4v) is 4.46. The van der Waals surface area contributed by atoms with Crippen LogP contribution in [0.2, 0.25) is 5.02 Å². The molecule has 34 heavy (non-hydrogen) atoms. The molecule has 1 heterocycles. The SMILES string of the molecule is COc1ccc(CNC(=O)[C@H](C)Sc2nc3ccccc3c(=O)n2-c2ccc(F)c(Cl)c2)cc1. The highest BCUT2D eigenvalue weighted by Gasteiger charge is 2.20. The maximum absolute atomic E-state index is 13.8. The van der Waals surface area contributed by atoms with Crippen molar-refractivity contribution in [2.45, 2.75) is 23.9 Å². The van der Waals surface area contributed by atoms with E-state index in [2.05, 4.69) is 10.3 Å². The Balaban J connectivity index is 1.62. The van der Waals surface area contributed by atoms with Gasteiger partial charge in [0.2, 0.25) is 5.91 Å². The number of aromatic nitrogens is 2. The van der Waals surface area contributed by atoms with Crippen molar-refractivity contribution in [3.63, 3.8) is 0 Å². The van der Waals surface area contributed by atoms with E-state index < -0.39 is 11.1 Å². The van der Waals surface area contributed by atoms with Gasteiger partial charge in [0.15, 0.2) is 5.16 Å². The molecule has 1 atom stereocenters. The molecule has 174 valence electrons. The van der Waals surface area contributed by atoms with Crippen LogP contribution in [0.3, 0.4) is 0 Å². The van der Waals surface area contributed by atoms with E-state index in [4.69, 9.17) is 16.3 Å². The predicted octanol–water partition coefficient (Wildman–Crippen LogP) is 4.98. The molecule has 0 fully saturated rings. The number of nitrogens with one attached hydrogen (secondary N) is 1. The summed E-state index contributed by atoms with van der Waals surface area (Å²) in [6, 6.07) is 18.3. The van der Waals surface area contributed by atoms with Crippen LogP contribution in [0.5, 0.6) is 5.75 Å². The number of carbonyl (C=O) groups excluding carboxylic acids is 1. The van der Waals surface area contributed by atoms with Crippen molar-refractivity contribution in [2.24, 2.45) is 0 Å². The number of halogens is 2. The van der Waals surface area contributed by atoms with Crippen molar-refractivity contribution in [3.05, 3.63) is 93.5 Å². The largest absolute Gasteiger partial charge is 0.497 e. The third-order valence-corrected chi connectivity index (χ3v) is 6.53. The molecule has 0 aliphatic rings. The first-order chi connectivity index (χ1) is 16.4. The van der Waals surface area contributed by atoms with Gasteiger partial charge in [0.05, 0.1) is 34.0 Å². The smallest absolute Gasteiger partial charge is 0.266 e. The Bertz CT molecular complexity index is 1410. The molecule has 0 unspecified atom stereocenters. The van der Waals surface area contributed by atoms with Crippen molar-refractivity contribution in [1.29, 1.82) is 0 Å². The summed E-state index contributed by atoms with van der Waals surface area (Å²) >= 11 is 7.11. The van der Waals surface area contributed by atoms with Crippen molar-refractivity contribution in [1.82, 2.24) is 14.9 Å². The van der Waals surface area contributed by atoms with E-state index >= 15 is 0 Å². The zero-order valence-corrected chi connectivity index (χ0v) is 20.0. The maximum atomic E-state index is 13.8. The first-order valence-corrected chi connectivity index (χ1v) is 11.7. The molecule has 3 aromatic carbocycles. The molecule has 0 saturated carbocycles. The van der Waals surface area contributed by atoms with Crippen LogP contribution in [-0.4, -0.2) is 27.8 Å². The van der Waals surface area contributed by atoms with Gasteiger partial charge < -0.3 is 10.1 Å². The van der Waals surface area contributed by atoms with Gasteiger partial charge in [-0.05, 0) is 55.0 Å². The minimum atomic E-state index is -0.590. The first-order valence-electron chi connectivity index (χ1n) is 10.4. The summed E-state index contributed by atoms with van der Waals surface area (Å²) in [6.45, 7) is 2.08. The summed E-state index contributed by atoms with van der Waals surface area (Å²) in [4.78, 5) is 30.7. The third kappa shape index (κ3) is 5.08. The van der Waals surface area contributed by atoms with E-state index in [1.807, 2.05) is 24.3 Å². The zero-order chi connectivity index (χ0) is 24.2. The summed E-state index contributed by atoms with van der Waals surface area (Å²) in [5.74, 6) is -0.0696. The average Bonchev–Trinajstić information content (AvgIpc) is 2.85. The molecular formula is C25H21ClFN3O3S. The van der Waals surface area contributed by atoms with E-state index in [1.165, 1.54) is 22.8 Å². The molecule has 1 aromatic heterocycles. The van der Waals surface area contributed by atoms with Crippen LogP contribution >= 0.6 is 23.4 Å². The van der Waals surface area contributed by atoms with Crippen LogP contribution < -0.4 is 15.6 Å². The van der Waals surface area contributed by atoms with Gasteiger partial charge >= 0.3 is 0 Å². The van der Waals surface area contributed by atoms with Crippen LogP contribution in [-0.2, 0) is 11.3 Å². The number of carbonyl (C=O) groups is 1. The van der Waals surface area contributed by atoms with Gasteiger partial charge in [-0.2, -0.15) is 0 Å². The molecule has 1 amide bonds. The van der Waals surface area contributed by atoms with E-state index in [1.54, 1.807) is 38.3 Å². The molecule has 9 heteroatoms. The second kappa shape index (κ2) is 10.3. The van der Waals surface area contributed by atoms with Crippen molar-refractivity contribution in [2.75, 3.05) is 7.11 Å². The lowest BCUT2D eigenvalue weighted by molar-refractivity contribution is -0.120. The Labute approximate surface area is 204 Å². The number of thioether (sulfide) groups is 1. The lowest BCUT2D eigenvalue weighted by Gasteiger charge is -2.17. The van der Waals surface area contributed by atoms with Crippen LogP contribution in [0.25, 0.3) is 16.6 Å². The Kier molecular flexibility index (Phi) is 7.19. The van der Waals surface area contributed by atoms with Crippen LogP contribution in [0.4, 0.5) is 4.39 Å². The standard InChI is InChI=1S/C25H21ClFN3O3S/c1-15(23(31)28-14-16-7-10-18(33-2)11-8-16)34-25-29-22-6-4-3-5-19(22)24(32)30(25)17-9-12-21(27)20(26)13-17/h3-13,15H,14H2,1-2H3,(H,28,31)/t15-/m0/s1. The minimum absolute atomic E-state index is 0.112. The number of ether oxygens (including phenoxy) is 1. The second-order valence-electron chi connectivity index (χ2n) is 7.48. The number of amides is 1. The highest BCUT2D eigenvalue weighted by Crippen LogP contribution is 2.27. The average molecular weight is 498 g/mol. The number of nitrogens with zero attached hydrogens (tertiary/aromatic N) is 2. The summed E-state index contributed by atoms with van der Waals surface area (Å²) in [7, 11) is 1.59. The lowest BCUT2D eigenvalue weighted by atomic mass is 10.2. The number of benzene rings is 3. The second-order valence-corrected chi connectivity index (χ2v) is 9.19. The molecule has 0 aliphatic carbocycles. The van der Waals surface area contributed by atoms with Gasteiger partial charge in [-0.3, -0.25) is 14.2 Å². The molecule has 4 rings (SSSR count). The Morgan fingerprint density at radius 1 is 1.18 bits per heavy atom. The van der Waals surface area contributed by atoms with E-state index in [0.717, 1.165) is 23.1 Å². The molecule has 0 radical (unpaired) electrons. The normalized spacial score (nSPS) is 11.9. The molecule has 6 nitrogen and oxygen atoms in total. The fourth-order valence-electron chi connectivity index (χ4n) is 3.33. The number of hydrogen-bond acceptors (Lipinski definition) is 5. The third-order valence-electron chi connectivity index (χ3n) is 5.18. The van der Waals surface area contributed by atoms with Crippen molar-refractivity contribution >= 4 is 40.2 Å². The van der Waals surface area contributed by atoms with Crippen molar-refractivity contribution in [3.8, 4) is 11.4 Å². The summed E-state index contributed by atoms with van der Waals surface area (Å²) in [6.07, 6.45) is 0. The molecular weight excluding hydrogens is 477 g/mol. The Morgan fingerprint density at radius 3 is 2.62 bits per heavy atom. The van der Waals surface area contributed by atoms with E-state index in [9.17, 15) is 14.0 Å². The molecule has 0 aliphatic heterocycles. The molecule has 0 saturated heterocycles. The van der Waals surface area contributed by atoms with Gasteiger partial charge in [0.25, 0.3) is 5.56 Å². The number of fused-ring (bicyclic) bond motifs is 1. The minimum Gasteiger partial charge on any atom is -0.497 e. The van der Waals surface area contributed by atoms with Gasteiger partial charge in [-0.15, -0.1) is 0 Å². The monoisotopic (exact) mass is 497 g/mol. The number of para-hydroxylation sites is 1. The van der Waals surface area contributed by atoms with E-state index in [-0.39, 0.29) is 16.5 Å². The van der Waals surface area contributed by atoms with E-state index in [0.29, 0.717) is 28.3 Å². The van der Waals surface area contributed by atoms with Crippen molar-refractivity contribution < 1.29 is 13.9 Å². The highest BCUT2D eigenvalue weighted by molar-refractivity contribution is 8.00. The van der Waals surface area contributed by atoms with Crippen LogP contribution in [0, 0.1) is 5.82 Å². The summed E-state index contributed by atoms with van der Waals surface area (Å²) in [5.41, 5.74) is 1.46. The quantitative estimate of drug-likeness (QED) is 0.288. The molecule has 0 spiro atoms. The highest BCUT2D eigenvalue weighted by atomic mass is 35.5. The Hall–Kier alpha value is -3.36. The van der Waals surface area contributed by atoms with Gasteiger partial charge in [-0.1, -0.05) is 47.6 Å². The molecule has 1 N–H and O–H groups in total. The van der Waals surface area contributed by atoms with Gasteiger partial charge in [0.1, 0.15) is 11.6 Å². The number of rotatable bonds is 7. The number of methoxy groups -OCH3 is 1. The molecule has 0 bridgehead atoms. The predicted molar refractivity (Wildman–Crippen MR) is 132 cm³/mol. The van der Waals surface area contributed by atoms with Crippen LogP contribution in [0.15, 0.2) is 76.7 Å². The fraction of sp³-hybridized carbons (Fsp3) is 0.160. The zero-order valence-electron chi connectivity index (χ0n) is 18.4. The Morgan fingerprint density at radius 2 is 1.91 bits per heavy atom. The lowest BCUT2D eigenvalue weighted by Crippen LogP contribution is -2.31. The molecule has 4 aromatic rings.